The van der Waals surface area contributed by atoms with Gasteiger partial charge in [-0.1, -0.05) is 0 Å². The molecular formula is C10H10N4O. The van der Waals surface area contributed by atoms with Gasteiger partial charge in [-0.25, -0.2) is 4.98 Å². The molecule has 3 rings (SSSR count). The van der Waals surface area contributed by atoms with Gasteiger partial charge in [0.2, 0.25) is 5.62 Å². The van der Waals surface area contributed by atoms with Gasteiger partial charge in [0.25, 0.3) is 0 Å². The number of phenolic OH excluding ortho intramolecular Hbond substituents is 1. The van der Waals surface area contributed by atoms with E-state index >= 15 is 0 Å². The molecule has 0 saturated heterocycles. The van der Waals surface area contributed by atoms with Crippen molar-refractivity contribution in [2.45, 2.75) is 6.54 Å². The number of hydrogen-bond acceptors (Lipinski definition) is 4. The molecule has 2 heterocycles. The summed E-state index contributed by atoms with van der Waals surface area (Å²) in [5.74, 6) is 1.10. The molecule has 0 bridgehead atoms. The first kappa shape index (κ1) is 8.28. The van der Waals surface area contributed by atoms with Crippen LogP contribution < -0.4 is 10.9 Å². The quantitative estimate of drug-likeness (QED) is 0.587. The molecule has 5 nitrogen and oxygen atoms in total. The van der Waals surface area contributed by atoms with Crippen molar-refractivity contribution in [3.05, 3.63) is 23.8 Å². The van der Waals surface area contributed by atoms with Crippen molar-refractivity contribution in [2.24, 2.45) is 0 Å². The van der Waals surface area contributed by atoms with Crippen LogP contribution in [0.2, 0.25) is 0 Å². The first-order chi connectivity index (χ1) is 7.25. The molecule has 0 amide bonds. The maximum Gasteiger partial charge on any atom is 0.224 e. The van der Waals surface area contributed by atoms with Gasteiger partial charge < -0.3 is 10.4 Å². The topological polar surface area (TPSA) is 73.9 Å². The fraction of sp³-hybridized carbons (Fsp3) is 0.200. The fourth-order valence-electron chi connectivity index (χ4n) is 1.93. The number of nitrogens with one attached hydrogen (secondary N) is 2. The minimum Gasteiger partial charge on any atom is -0.508 e. The maximum absolute atomic E-state index is 9.34. The molecule has 1 aliphatic heterocycles. The molecule has 1 aromatic heterocycles. The summed E-state index contributed by atoms with van der Waals surface area (Å²) < 4.78 is 1.83. The second-order valence-electron chi connectivity index (χ2n) is 3.56. The van der Waals surface area contributed by atoms with Gasteiger partial charge in [-0.05, 0) is 12.1 Å². The average molecular weight is 202 g/mol. The molecule has 0 radical (unpaired) electrons. The van der Waals surface area contributed by atoms with Crippen LogP contribution in [0.4, 0.5) is 5.82 Å². The molecule has 2 aromatic rings. The van der Waals surface area contributed by atoms with Gasteiger partial charge in [-0.3, -0.25) is 9.98 Å². The molecule has 0 spiro atoms. The summed E-state index contributed by atoms with van der Waals surface area (Å²) in [6, 6.07) is 5.03. The molecule has 3 N–H and O–H groups in total. The number of phenols is 1. The zero-order chi connectivity index (χ0) is 10.4. The summed E-state index contributed by atoms with van der Waals surface area (Å²) in [7, 11) is 0. The Hall–Kier alpha value is -2.04. The van der Waals surface area contributed by atoms with Crippen LogP contribution in [0.3, 0.4) is 0 Å². The Morgan fingerprint density at radius 2 is 2.33 bits per heavy atom. The van der Waals surface area contributed by atoms with E-state index in [-0.39, 0.29) is 11.4 Å². The highest BCUT2D eigenvalue weighted by atomic mass is 16.3. The van der Waals surface area contributed by atoms with E-state index in [1.54, 1.807) is 12.1 Å². The number of hydrogen-bond donors (Lipinski definition) is 3. The van der Waals surface area contributed by atoms with Crippen LogP contribution in [0.5, 0.6) is 5.75 Å². The highest BCUT2D eigenvalue weighted by Gasteiger charge is 2.14. The second-order valence-corrected chi connectivity index (χ2v) is 3.56. The smallest absolute Gasteiger partial charge is 0.224 e. The standard InChI is InChI=1S/C10H10N4O/c11-10-13-8-5-6(15)1-2-7(8)9-12-3-4-14(9)10/h1-2,5,11-12,15H,3-4H2. The van der Waals surface area contributed by atoms with E-state index in [1.807, 2.05) is 10.6 Å². The molecule has 0 fully saturated rings. The van der Waals surface area contributed by atoms with Crippen molar-refractivity contribution in [2.75, 3.05) is 11.9 Å². The molecular weight excluding hydrogens is 192 g/mol. The molecule has 5 heteroatoms. The molecule has 0 saturated carbocycles. The van der Waals surface area contributed by atoms with Gasteiger partial charge in [0, 0.05) is 24.5 Å². The number of benzene rings is 1. The molecule has 0 unspecified atom stereocenters. The highest BCUT2D eigenvalue weighted by Crippen LogP contribution is 2.25. The Bertz CT molecular complexity index is 602. The largest absolute Gasteiger partial charge is 0.508 e. The predicted molar refractivity (Wildman–Crippen MR) is 55.7 cm³/mol. The van der Waals surface area contributed by atoms with Crippen LogP contribution in [-0.2, 0) is 6.54 Å². The van der Waals surface area contributed by atoms with Crippen LogP contribution in [0.15, 0.2) is 18.2 Å². The van der Waals surface area contributed by atoms with Crippen LogP contribution in [0.1, 0.15) is 0 Å². The van der Waals surface area contributed by atoms with Crippen molar-refractivity contribution in [3.63, 3.8) is 0 Å². The Balaban J connectivity index is 2.48. The van der Waals surface area contributed by atoms with Crippen LogP contribution in [0.25, 0.3) is 10.9 Å². The first-order valence-corrected chi connectivity index (χ1v) is 4.78. The zero-order valence-corrected chi connectivity index (χ0v) is 7.99. The van der Waals surface area contributed by atoms with E-state index in [0.717, 1.165) is 24.3 Å². The number of aromatic hydroxyl groups is 1. The monoisotopic (exact) mass is 202 g/mol. The van der Waals surface area contributed by atoms with E-state index in [4.69, 9.17) is 5.41 Å². The second kappa shape index (κ2) is 2.73. The van der Waals surface area contributed by atoms with Crippen LogP contribution in [-0.4, -0.2) is 21.2 Å². The van der Waals surface area contributed by atoms with Crippen molar-refractivity contribution in [3.8, 4) is 5.75 Å². The summed E-state index contributed by atoms with van der Waals surface area (Å²) in [5.41, 5.74) is 0.883. The summed E-state index contributed by atoms with van der Waals surface area (Å²) in [6.07, 6.45) is 0. The molecule has 0 aliphatic carbocycles. The molecule has 1 aromatic carbocycles. The molecule has 0 atom stereocenters. The third-order valence-electron chi connectivity index (χ3n) is 2.62. The number of anilines is 1. The normalized spacial score (nSPS) is 13.9. The van der Waals surface area contributed by atoms with Crippen LogP contribution >= 0.6 is 0 Å². The average Bonchev–Trinajstić information content (AvgIpc) is 2.66. The summed E-state index contributed by atoms with van der Waals surface area (Å²) >= 11 is 0. The Morgan fingerprint density at radius 1 is 1.47 bits per heavy atom. The van der Waals surface area contributed by atoms with Crippen molar-refractivity contribution in [1.29, 1.82) is 5.41 Å². The van der Waals surface area contributed by atoms with E-state index in [9.17, 15) is 5.11 Å². The lowest BCUT2D eigenvalue weighted by molar-refractivity contribution is 0.476. The van der Waals surface area contributed by atoms with Gasteiger partial charge in [-0.15, -0.1) is 0 Å². The summed E-state index contributed by atoms with van der Waals surface area (Å²) in [4.78, 5) is 4.14. The summed E-state index contributed by atoms with van der Waals surface area (Å²) in [6.45, 7) is 1.60. The Kier molecular flexibility index (Phi) is 1.50. The summed E-state index contributed by atoms with van der Waals surface area (Å²) in [5, 5.41) is 21.2. The van der Waals surface area contributed by atoms with E-state index < -0.39 is 0 Å². The van der Waals surface area contributed by atoms with Gasteiger partial charge in [0.05, 0.1) is 5.52 Å². The Morgan fingerprint density at radius 3 is 3.20 bits per heavy atom. The SMILES string of the molecule is N=c1nc2cc(O)ccc2c2n1CCN2. The van der Waals surface area contributed by atoms with Crippen molar-refractivity contribution in [1.82, 2.24) is 9.55 Å². The lowest BCUT2D eigenvalue weighted by Crippen LogP contribution is -2.21. The minimum absolute atomic E-state index is 0.178. The highest BCUT2D eigenvalue weighted by molar-refractivity contribution is 5.90. The van der Waals surface area contributed by atoms with E-state index in [0.29, 0.717) is 5.52 Å². The lowest BCUT2D eigenvalue weighted by Gasteiger charge is -2.07. The third kappa shape index (κ3) is 1.09. The molecule has 15 heavy (non-hydrogen) atoms. The van der Waals surface area contributed by atoms with Gasteiger partial charge in [0.1, 0.15) is 11.6 Å². The van der Waals surface area contributed by atoms with Crippen molar-refractivity contribution >= 4 is 16.7 Å². The molecule has 76 valence electrons. The van der Waals surface area contributed by atoms with Gasteiger partial charge in [-0.2, -0.15) is 0 Å². The molecule has 1 aliphatic rings. The fourth-order valence-corrected chi connectivity index (χ4v) is 1.93. The van der Waals surface area contributed by atoms with E-state index in [1.165, 1.54) is 0 Å². The number of aromatic nitrogens is 2. The van der Waals surface area contributed by atoms with E-state index in [2.05, 4.69) is 10.3 Å². The number of rotatable bonds is 0. The predicted octanol–water partition coefficient (Wildman–Crippen LogP) is 0.647. The third-order valence-corrected chi connectivity index (χ3v) is 2.62. The van der Waals surface area contributed by atoms with Crippen LogP contribution in [0, 0.1) is 5.41 Å². The van der Waals surface area contributed by atoms with Gasteiger partial charge >= 0.3 is 0 Å². The minimum atomic E-state index is 0.178. The maximum atomic E-state index is 9.34. The Labute approximate surface area is 85.5 Å². The van der Waals surface area contributed by atoms with Gasteiger partial charge in [0.15, 0.2) is 0 Å². The lowest BCUT2D eigenvalue weighted by atomic mass is 10.2. The number of nitrogens with zero attached hydrogens (tertiary/aromatic N) is 2. The van der Waals surface area contributed by atoms with Crippen molar-refractivity contribution < 1.29 is 5.11 Å². The zero-order valence-electron chi connectivity index (χ0n) is 7.99. The number of fused-ring (bicyclic) bond motifs is 3. The first-order valence-electron chi connectivity index (χ1n) is 4.78.